The number of likely N-dealkylation sites (tertiary alicyclic amines) is 1. The van der Waals surface area contributed by atoms with Crippen LogP contribution < -0.4 is 0 Å². The molecule has 2 unspecified atom stereocenters. The number of hydrogen-bond acceptors (Lipinski definition) is 4. The second kappa shape index (κ2) is 6.66. The highest BCUT2D eigenvalue weighted by Gasteiger charge is 2.35. The summed E-state index contributed by atoms with van der Waals surface area (Å²) in [7, 11) is 0. The van der Waals surface area contributed by atoms with Crippen molar-refractivity contribution in [1.29, 1.82) is 0 Å². The molecule has 1 saturated heterocycles. The third-order valence-electron chi connectivity index (χ3n) is 4.63. The second-order valence-electron chi connectivity index (χ2n) is 6.73. The first-order chi connectivity index (χ1) is 11.9. The quantitative estimate of drug-likeness (QED) is 0.924. The maximum absolute atomic E-state index is 12.7. The van der Waals surface area contributed by atoms with E-state index in [0.29, 0.717) is 30.3 Å². The smallest absolute Gasteiger partial charge is 0.326 e. The molecule has 0 bridgehead atoms. The van der Waals surface area contributed by atoms with E-state index in [4.69, 9.17) is 0 Å². The molecule has 1 aliphatic rings. The summed E-state index contributed by atoms with van der Waals surface area (Å²) < 4.78 is 1.71. The van der Waals surface area contributed by atoms with Crippen molar-refractivity contribution in [3.63, 3.8) is 0 Å². The molecular weight excluding hydrogens is 320 g/mol. The van der Waals surface area contributed by atoms with Crippen LogP contribution in [0.25, 0.3) is 5.82 Å². The normalized spacial score (nSPS) is 20.5. The van der Waals surface area contributed by atoms with Gasteiger partial charge in [-0.15, -0.1) is 0 Å². The highest BCUT2D eigenvalue weighted by Crippen LogP contribution is 2.24. The van der Waals surface area contributed by atoms with Crippen LogP contribution in [0.4, 0.5) is 0 Å². The lowest BCUT2D eigenvalue weighted by Crippen LogP contribution is -2.49. The Kier molecular flexibility index (Phi) is 4.57. The Morgan fingerprint density at radius 2 is 2.04 bits per heavy atom. The summed E-state index contributed by atoms with van der Waals surface area (Å²) in [5.41, 5.74) is 2.25. The first kappa shape index (κ1) is 17.1. The van der Waals surface area contributed by atoms with Gasteiger partial charge in [-0.3, -0.25) is 4.79 Å². The van der Waals surface area contributed by atoms with Crippen molar-refractivity contribution in [2.45, 2.75) is 39.7 Å². The summed E-state index contributed by atoms with van der Waals surface area (Å²) in [5.74, 6) is -0.306. The zero-order valence-electron chi connectivity index (χ0n) is 14.6. The van der Waals surface area contributed by atoms with Crippen LogP contribution >= 0.6 is 0 Å². The van der Waals surface area contributed by atoms with Crippen LogP contribution in [-0.2, 0) is 4.79 Å². The highest BCUT2D eigenvalue weighted by atomic mass is 16.4. The van der Waals surface area contributed by atoms with Crippen LogP contribution in [0.15, 0.2) is 24.4 Å². The zero-order chi connectivity index (χ0) is 18.1. The van der Waals surface area contributed by atoms with E-state index in [2.05, 4.69) is 10.1 Å². The summed E-state index contributed by atoms with van der Waals surface area (Å²) in [5, 5.41) is 13.8. The number of aryl methyl sites for hydroxylation is 2. The molecule has 7 heteroatoms. The Morgan fingerprint density at radius 3 is 2.60 bits per heavy atom. The number of carbonyl (C=O) groups is 2. The minimum atomic E-state index is -0.952. The van der Waals surface area contributed by atoms with Gasteiger partial charge in [0.25, 0.3) is 5.91 Å². The Balaban J connectivity index is 1.83. The van der Waals surface area contributed by atoms with Crippen molar-refractivity contribution >= 4 is 11.9 Å². The standard InChI is InChI=1S/C18H22N4O3/c1-11-6-7-21(15(8-11)18(24)25)17(23)14-4-5-16(19-10-14)22-13(3)9-12(2)20-22/h4-5,9-11,15H,6-8H2,1-3H3,(H,24,25). The van der Waals surface area contributed by atoms with Crippen LogP contribution in [0.1, 0.15) is 41.5 Å². The van der Waals surface area contributed by atoms with Crippen molar-refractivity contribution in [3.8, 4) is 5.82 Å². The molecule has 0 radical (unpaired) electrons. The average molecular weight is 342 g/mol. The van der Waals surface area contributed by atoms with E-state index in [0.717, 1.165) is 17.8 Å². The number of nitrogens with zero attached hydrogens (tertiary/aromatic N) is 4. The van der Waals surface area contributed by atoms with Crippen LogP contribution in [0, 0.1) is 19.8 Å². The number of rotatable bonds is 3. The molecule has 0 aliphatic carbocycles. The molecule has 0 spiro atoms. The summed E-state index contributed by atoms with van der Waals surface area (Å²) >= 11 is 0. The highest BCUT2D eigenvalue weighted by molar-refractivity contribution is 5.96. The van der Waals surface area contributed by atoms with E-state index in [1.54, 1.807) is 16.8 Å². The minimum absolute atomic E-state index is 0.285. The Bertz CT molecular complexity index is 797. The summed E-state index contributed by atoms with van der Waals surface area (Å²) in [6, 6.07) is 4.59. The second-order valence-corrected chi connectivity index (χ2v) is 6.73. The lowest BCUT2D eigenvalue weighted by Gasteiger charge is -2.36. The van der Waals surface area contributed by atoms with E-state index < -0.39 is 12.0 Å². The van der Waals surface area contributed by atoms with Gasteiger partial charge in [-0.1, -0.05) is 6.92 Å². The third-order valence-corrected chi connectivity index (χ3v) is 4.63. The fraction of sp³-hybridized carbons (Fsp3) is 0.444. The Labute approximate surface area is 146 Å². The van der Waals surface area contributed by atoms with Gasteiger partial charge in [0, 0.05) is 18.4 Å². The minimum Gasteiger partial charge on any atom is -0.480 e. The molecule has 2 aromatic rings. The van der Waals surface area contributed by atoms with Gasteiger partial charge in [-0.2, -0.15) is 5.10 Å². The molecule has 0 aromatic carbocycles. The number of carbonyl (C=O) groups excluding carboxylic acids is 1. The molecule has 7 nitrogen and oxygen atoms in total. The number of piperidine rings is 1. The van der Waals surface area contributed by atoms with Crippen molar-refractivity contribution < 1.29 is 14.7 Å². The summed E-state index contributed by atoms with van der Waals surface area (Å²) in [6.07, 6.45) is 2.79. The number of pyridine rings is 1. The van der Waals surface area contributed by atoms with E-state index in [9.17, 15) is 14.7 Å². The molecule has 1 aliphatic heterocycles. The monoisotopic (exact) mass is 342 g/mol. The van der Waals surface area contributed by atoms with Crippen molar-refractivity contribution in [2.75, 3.05) is 6.54 Å². The topological polar surface area (TPSA) is 88.3 Å². The predicted molar refractivity (Wildman–Crippen MR) is 91.7 cm³/mol. The molecule has 0 saturated carbocycles. The maximum atomic E-state index is 12.7. The van der Waals surface area contributed by atoms with Crippen LogP contribution in [0.2, 0.25) is 0 Å². The molecule has 2 atom stereocenters. The van der Waals surface area contributed by atoms with E-state index in [-0.39, 0.29) is 5.91 Å². The van der Waals surface area contributed by atoms with Gasteiger partial charge in [0.05, 0.1) is 11.3 Å². The van der Waals surface area contributed by atoms with Crippen molar-refractivity contribution in [2.24, 2.45) is 5.92 Å². The van der Waals surface area contributed by atoms with Gasteiger partial charge in [-0.05, 0) is 50.8 Å². The molecular formula is C18H22N4O3. The van der Waals surface area contributed by atoms with Gasteiger partial charge in [-0.25, -0.2) is 14.5 Å². The van der Waals surface area contributed by atoms with E-state index in [1.807, 2.05) is 26.8 Å². The number of carboxylic acid groups (broad SMARTS) is 1. The third kappa shape index (κ3) is 3.40. The van der Waals surface area contributed by atoms with Gasteiger partial charge in [0.2, 0.25) is 0 Å². The number of amides is 1. The van der Waals surface area contributed by atoms with E-state index >= 15 is 0 Å². The van der Waals surface area contributed by atoms with Gasteiger partial charge < -0.3 is 10.0 Å². The summed E-state index contributed by atoms with van der Waals surface area (Å²) in [4.78, 5) is 30.0. The molecule has 3 heterocycles. The van der Waals surface area contributed by atoms with Gasteiger partial charge >= 0.3 is 5.97 Å². The number of carboxylic acids is 1. The van der Waals surface area contributed by atoms with Gasteiger partial charge in [0.1, 0.15) is 6.04 Å². The van der Waals surface area contributed by atoms with Crippen molar-refractivity contribution in [1.82, 2.24) is 19.7 Å². The first-order valence-corrected chi connectivity index (χ1v) is 8.40. The largest absolute Gasteiger partial charge is 0.480 e. The SMILES string of the molecule is Cc1cc(C)n(-c2ccc(C(=O)N3CCC(C)CC3C(=O)O)cn2)n1. The average Bonchev–Trinajstić information content (AvgIpc) is 2.92. The lowest BCUT2D eigenvalue weighted by atomic mass is 9.92. The molecule has 132 valence electrons. The number of aliphatic carboxylic acids is 1. The molecule has 25 heavy (non-hydrogen) atoms. The fourth-order valence-corrected chi connectivity index (χ4v) is 3.28. The molecule has 1 fully saturated rings. The number of aromatic nitrogens is 3. The first-order valence-electron chi connectivity index (χ1n) is 8.40. The Morgan fingerprint density at radius 1 is 1.28 bits per heavy atom. The molecule has 2 aromatic heterocycles. The van der Waals surface area contributed by atoms with Gasteiger partial charge in [0.15, 0.2) is 5.82 Å². The van der Waals surface area contributed by atoms with Crippen LogP contribution in [-0.4, -0.2) is 49.2 Å². The van der Waals surface area contributed by atoms with Crippen molar-refractivity contribution in [3.05, 3.63) is 41.3 Å². The predicted octanol–water partition coefficient (Wildman–Crippen LogP) is 2.21. The summed E-state index contributed by atoms with van der Waals surface area (Å²) in [6.45, 7) is 6.32. The molecule has 1 N–H and O–H groups in total. The van der Waals surface area contributed by atoms with Crippen LogP contribution in [0.5, 0.6) is 0 Å². The Hall–Kier alpha value is -2.70. The fourth-order valence-electron chi connectivity index (χ4n) is 3.28. The van der Waals surface area contributed by atoms with E-state index in [1.165, 1.54) is 11.1 Å². The lowest BCUT2D eigenvalue weighted by molar-refractivity contribution is -0.144. The van der Waals surface area contributed by atoms with Crippen LogP contribution in [0.3, 0.4) is 0 Å². The maximum Gasteiger partial charge on any atom is 0.326 e. The molecule has 1 amide bonds. The number of hydrogen-bond donors (Lipinski definition) is 1. The zero-order valence-corrected chi connectivity index (χ0v) is 14.6. The molecule has 3 rings (SSSR count).